The highest BCUT2D eigenvalue weighted by Crippen LogP contribution is 2.49. The monoisotopic (exact) mass is 240 g/mol. The van der Waals surface area contributed by atoms with Gasteiger partial charge in [0.05, 0.1) is 5.54 Å². The third kappa shape index (κ3) is 1.45. The van der Waals surface area contributed by atoms with E-state index in [2.05, 4.69) is 37.6 Å². The molecule has 0 fully saturated rings. The van der Waals surface area contributed by atoms with Crippen LogP contribution in [0.3, 0.4) is 0 Å². The van der Waals surface area contributed by atoms with Gasteiger partial charge in [0.25, 0.3) is 0 Å². The summed E-state index contributed by atoms with van der Waals surface area (Å²) in [6, 6.07) is 0. The highest BCUT2D eigenvalue weighted by Gasteiger charge is 2.47. The summed E-state index contributed by atoms with van der Waals surface area (Å²) in [5.41, 5.74) is 11.3. The normalized spacial score (nSPS) is 37.9. The summed E-state index contributed by atoms with van der Waals surface area (Å²) >= 11 is 0. The molecule has 2 aliphatic carbocycles. The molecule has 18 heavy (non-hydrogen) atoms. The van der Waals surface area contributed by atoms with Gasteiger partial charge >= 0.3 is 0 Å². The molecule has 1 heterocycles. The summed E-state index contributed by atoms with van der Waals surface area (Å²) in [6.07, 6.45) is 10.5. The number of dihydropyridines is 1. The van der Waals surface area contributed by atoms with Crippen LogP contribution in [0.5, 0.6) is 0 Å². The molecule has 0 unspecified atom stereocenters. The molecule has 0 spiro atoms. The average Bonchev–Trinajstić information content (AvgIpc) is 2.26. The fraction of sp³-hybridized carbons (Fsp3) is 0.375. The van der Waals surface area contributed by atoms with Crippen molar-refractivity contribution in [2.24, 2.45) is 17.6 Å². The Morgan fingerprint density at radius 3 is 3.00 bits per heavy atom. The molecular formula is C16H20N2. The summed E-state index contributed by atoms with van der Waals surface area (Å²) in [7, 11) is 0. The molecular weight excluding hydrogens is 220 g/mol. The van der Waals surface area contributed by atoms with Crippen LogP contribution >= 0.6 is 0 Å². The predicted octanol–water partition coefficient (Wildman–Crippen LogP) is 2.78. The van der Waals surface area contributed by atoms with Crippen molar-refractivity contribution in [2.75, 3.05) is 0 Å². The molecule has 0 radical (unpaired) electrons. The fourth-order valence-electron chi connectivity index (χ4n) is 3.76. The topological polar surface area (TPSA) is 38.0 Å². The van der Waals surface area contributed by atoms with Gasteiger partial charge in [-0.05, 0) is 37.3 Å². The second-order valence-corrected chi connectivity index (χ2v) is 5.74. The van der Waals surface area contributed by atoms with E-state index in [0.29, 0.717) is 11.8 Å². The number of hydrogen-bond acceptors (Lipinski definition) is 2. The summed E-state index contributed by atoms with van der Waals surface area (Å²) in [4.78, 5) is 0. The van der Waals surface area contributed by atoms with Gasteiger partial charge in [-0.3, -0.25) is 0 Å². The number of fused-ring (bicyclic) bond motifs is 3. The molecule has 2 bridgehead atoms. The van der Waals surface area contributed by atoms with Crippen LogP contribution in [-0.2, 0) is 0 Å². The van der Waals surface area contributed by atoms with Crippen LogP contribution in [0.4, 0.5) is 0 Å². The van der Waals surface area contributed by atoms with E-state index >= 15 is 0 Å². The van der Waals surface area contributed by atoms with Crippen molar-refractivity contribution in [1.29, 1.82) is 0 Å². The van der Waals surface area contributed by atoms with Crippen molar-refractivity contribution in [1.82, 2.24) is 5.32 Å². The summed E-state index contributed by atoms with van der Waals surface area (Å²) in [5, 5.41) is 3.39. The fourth-order valence-corrected chi connectivity index (χ4v) is 3.76. The molecule has 0 saturated carbocycles. The standard InChI is InChI=1S/C16H20N2/c1-4-13-12-7-10(2)9-16(13,17)14-6-5-11(3)18-15(14)8-12/h4-7,12-13,18H,1,3,8-9,17H2,2H3/t12-,13+,16+/m0/s1. The number of nitrogens with two attached hydrogens (primary N) is 1. The van der Waals surface area contributed by atoms with Crippen molar-refractivity contribution >= 4 is 0 Å². The second-order valence-electron chi connectivity index (χ2n) is 5.74. The largest absolute Gasteiger partial charge is 0.359 e. The molecule has 0 aromatic rings. The van der Waals surface area contributed by atoms with Gasteiger partial charge in [-0.2, -0.15) is 0 Å². The number of hydrogen-bond donors (Lipinski definition) is 2. The summed E-state index contributed by atoms with van der Waals surface area (Å²) in [5.74, 6) is 0.796. The maximum atomic E-state index is 6.75. The minimum Gasteiger partial charge on any atom is -0.359 e. The average molecular weight is 240 g/mol. The Morgan fingerprint density at radius 2 is 2.28 bits per heavy atom. The van der Waals surface area contributed by atoms with E-state index in [-0.39, 0.29) is 5.54 Å². The second kappa shape index (κ2) is 3.72. The Balaban J connectivity index is 2.13. The van der Waals surface area contributed by atoms with Crippen LogP contribution in [0.2, 0.25) is 0 Å². The van der Waals surface area contributed by atoms with Crippen LogP contribution in [0.25, 0.3) is 0 Å². The first kappa shape index (κ1) is 11.5. The van der Waals surface area contributed by atoms with Gasteiger partial charge in [-0.25, -0.2) is 0 Å². The van der Waals surface area contributed by atoms with Crippen LogP contribution in [-0.4, -0.2) is 5.54 Å². The van der Waals surface area contributed by atoms with E-state index in [0.717, 1.165) is 18.5 Å². The van der Waals surface area contributed by atoms with Crippen LogP contribution in [0, 0.1) is 11.8 Å². The summed E-state index contributed by atoms with van der Waals surface area (Å²) in [6.45, 7) is 10.1. The molecule has 94 valence electrons. The first-order valence-corrected chi connectivity index (χ1v) is 6.51. The molecule has 3 atom stereocenters. The van der Waals surface area contributed by atoms with Crippen molar-refractivity contribution in [3.05, 3.63) is 60.0 Å². The summed E-state index contributed by atoms with van der Waals surface area (Å²) < 4.78 is 0. The van der Waals surface area contributed by atoms with Crippen molar-refractivity contribution in [2.45, 2.75) is 25.3 Å². The zero-order valence-electron chi connectivity index (χ0n) is 10.9. The molecule has 3 aliphatic rings. The van der Waals surface area contributed by atoms with E-state index < -0.39 is 0 Å². The molecule has 2 nitrogen and oxygen atoms in total. The Bertz CT molecular complexity index is 521. The Labute approximate surface area is 109 Å². The van der Waals surface area contributed by atoms with Gasteiger partial charge in [-0.1, -0.05) is 30.4 Å². The van der Waals surface area contributed by atoms with E-state index in [9.17, 15) is 0 Å². The minimum absolute atomic E-state index is 0.303. The van der Waals surface area contributed by atoms with Gasteiger partial charge in [0.1, 0.15) is 0 Å². The molecule has 1 aliphatic heterocycles. The van der Waals surface area contributed by atoms with Crippen molar-refractivity contribution in [3.8, 4) is 0 Å². The van der Waals surface area contributed by atoms with Crippen molar-refractivity contribution < 1.29 is 0 Å². The van der Waals surface area contributed by atoms with E-state index in [1.54, 1.807) is 0 Å². The third-order valence-electron chi connectivity index (χ3n) is 4.41. The van der Waals surface area contributed by atoms with Crippen LogP contribution in [0.1, 0.15) is 19.8 Å². The minimum atomic E-state index is -0.303. The number of nitrogens with one attached hydrogen (secondary N) is 1. The third-order valence-corrected chi connectivity index (χ3v) is 4.41. The lowest BCUT2D eigenvalue weighted by molar-refractivity contribution is 0.257. The molecule has 2 heteroatoms. The van der Waals surface area contributed by atoms with Gasteiger partial charge in [0.2, 0.25) is 0 Å². The lowest BCUT2D eigenvalue weighted by Crippen LogP contribution is -2.56. The van der Waals surface area contributed by atoms with Gasteiger partial charge in [0.15, 0.2) is 0 Å². The molecule has 0 aromatic carbocycles. The maximum absolute atomic E-state index is 6.75. The van der Waals surface area contributed by atoms with E-state index in [4.69, 9.17) is 5.73 Å². The quantitative estimate of drug-likeness (QED) is 0.692. The lowest BCUT2D eigenvalue weighted by atomic mass is 9.59. The molecule has 0 amide bonds. The zero-order chi connectivity index (χ0) is 12.9. The zero-order valence-corrected chi connectivity index (χ0v) is 10.9. The molecule has 0 aromatic heterocycles. The highest BCUT2D eigenvalue weighted by atomic mass is 14.9. The Hall–Kier alpha value is -1.54. The molecule has 3 N–H and O–H groups in total. The van der Waals surface area contributed by atoms with E-state index in [1.165, 1.54) is 16.8 Å². The van der Waals surface area contributed by atoms with Crippen LogP contribution < -0.4 is 11.1 Å². The highest BCUT2D eigenvalue weighted by molar-refractivity contribution is 5.49. The van der Waals surface area contributed by atoms with E-state index in [1.807, 2.05) is 12.2 Å². The molecule has 0 saturated heterocycles. The van der Waals surface area contributed by atoms with Gasteiger partial charge < -0.3 is 11.1 Å². The smallest absolute Gasteiger partial charge is 0.0533 e. The molecule has 3 rings (SSSR count). The number of rotatable bonds is 1. The Morgan fingerprint density at radius 1 is 1.50 bits per heavy atom. The number of allylic oxidation sites excluding steroid dienone is 3. The van der Waals surface area contributed by atoms with Gasteiger partial charge in [0, 0.05) is 17.3 Å². The first-order chi connectivity index (χ1) is 8.54. The maximum Gasteiger partial charge on any atom is 0.0533 e. The van der Waals surface area contributed by atoms with Crippen LogP contribution in [0.15, 0.2) is 60.0 Å². The lowest BCUT2D eigenvalue weighted by Gasteiger charge is -2.50. The first-order valence-electron chi connectivity index (χ1n) is 6.51. The SMILES string of the molecule is C=C[C@@H]1[C@H]2C=C(C)C[C@]1(N)C1=C(C2)NC(=C)C=C1. The predicted molar refractivity (Wildman–Crippen MR) is 75.5 cm³/mol. The Kier molecular flexibility index (Phi) is 2.39. The van der Waals surface area contributed by atoms with Crippen molar-refractivity contribution in [3.63, 3.8) is 0 Å². The van der Waals surface area contributed by atoms with Gasteiger partial charge in [-0.15, -0.1) is 6.58 Å².